The molecule has 1 aromatic carbocycles. The van der Waals surface area contributed by atoms with Crippen molar-refractivity contribution in [2.24, 2.45) is 5.92 Å². The number of benzene rings is 1. The summed E-state index contributed by atoms with van der Waals surface area (Å²) in [5.41, 5.74) is 3.30. The van der Waals surface area contributed by atoms with E-state index in [-0.39, 0.29) is 6.10 Å². The number of imidazole rings is 1. The minimum atomic E-state index is 0.190. The average Bonchev–Trinajstić information content (AvgIpc) is 3.23. The maximum atomic E-state index is 6.09. The van der Waals surface area contributed by atoms with Crippen molar-refractivity contribution in [1.29, 1.82) is 0 Å². The van der Waals surface area contributed by atoms with Crippen LogP contribution < -0.4 is 5.32 Å². The maximum Gasteiger partial charge on any atom is 0.137 e. The fourth-order valence-electron chi connectivity index (χ4n) is 3.38. The van der Waals surface area contributed by atoms with E-state index in [4.69, 9.17) is 16.3 Å². The maximum absolute atomic E-state index is 6.09. The molecule has 1 saturated heterocycles. The van der Waals surface area contributed by atoms with Gasteiger partial charge in [-0.3, -0.25) is 0 Å². The molecular formula is C19H20ClN3O. The van der Waals surface area contributed by atoms with Gasteiger partial charge in [-0.2, -0.15) is 0 Å². The lowest BCUT2D eigenvalue weighted by molar-refractivity contribution is 0.0904. The van der Waals surface area contributed by atoms with E-state index in [1.165, 1.54) is 5.56 Å². The molecule has 3 heterocycles. The summed E-state index contributed by atoms with van der Waals surface area (Å²) in [5.74, 6) is 0.496. The number of fused-ring (bicyclic) bond motifs is 1. The Bertz CT molecular complexity index is 818. The van der Waals surface area contributed by atoms with Crippen LogP contribution >= 0.6 is 11.6 Å². The fourth-order valence-corrected chi connectivity index (χ4v) is 3.54. The van der Waals surface area contributed by atoms with Gasteiger partial charge >= 0.3 is 0 Å². The molecule has 0 radical (unpaired) electrons. The van der Waals surface area contributed by atoms with E-state index in [0.29, 0.717) is 5.92 Å². The van der Waals surface area contributed by atoms with Gasteiger partial charge in [0, 0.05) is 31.8 Å². The van der Waals surface area contributed by atoms with Gasteiger partial charge in [0.15, 0.2) is 0 Å². The fraction of sp³-hybridized carbons (Fsp3) is 0.316. The number of hydrogen-bond acceptors (Lipinski definition) is 3. The van der Waals surface area contributed by atoms with Crippen LogP contribution in [0.15, 0.2) is 54.9 Å². The molecule has 5 heteroatoms. The third kappa shape index (κ3) is 3.18. The molecule has 4 nitrogen and oxygen atoms in total. The van der Waals surface area contributed by atoms with Crippen molar-refractivity contribution in [3.63, 3.8) is 0 Å². The Kier molecular flexibility index (Phi) is 4.52. The molecule has 2 atom stereocenters. The monoisotopic (exact) mass is 341 g/mol. The molecule has 2 aromatic heterocycles. The van der Waals surface area contributed by atoms with Crippen molar-refractivity contribution in [1.82, 2.24) is 14.7 Å². The van der Waals surface area contributed by atoms with Crippen molar-refractivity contribution >= 4 is 17.2 Å². The Morgan fingerprint density at radius 1 is 1.21 bits per heavy atom. The van der Waals surface area contributed by atoms with Gasteiger partial charge in [-0.25, -0.2) is 4.98 Å². The van der Waals surface area contributed by atoms with Crippen LogP contribution in [0.4, 0.5) is 0 Å². The number of pyridine rings is 1. The summed E-state index contributed by atoms with van der Waals surface area (Å²) in [6.07, 6.45) is 5.09. The Morgan fingerprint density at radius 2 is 2.08 bits per heavy atom. The lowest BCUT2D eigenvalue weighted by Crippen LogP contribution is -2.25. The Balaban J connectivity index is 1.40. The van der Waals surface area contributed by atoms with Crippen molar-refractivity contribution in [3.8, 4) is 0 Å². The zero-order valence-electron chi connectivity index (χ0n) is 13.4. The van der Waals surface area contributed by atoms with E-state index in [0.717, 1.165) is 42.5 Å². The lowest BCUT2D eigenvalue weighted by Gasteiger charge is -2.19. The van der Waals surface area contributed by atoms with Crippen molar-refractivity contribution in [2.75, 3.05) is 13.2 Å². The highest BCUT2D eigenvalue weighted by Crippen LogP contribution is 2.33. The molecule has 1 fully saturated rings. The minimum absolute atomic E-state index is 0.190. The van der Waals surface area contributed by atoms with Crippen LogP contribution in [0.5, 0.6) is 0 Å². The molecule has 0 bridgehead atoms. The van der Waals surface area contributed by atoms with Crippen LogP contribution in [0.2, 0.25) is 5.02 Å². The summed E-state index contributed by atoms with van der Waals surface area (Å²) in [4.78, 5) is 4.41. The molecule has 0 unspecified atom stereocenters. The molecule has 0 amide bonds. The van der Waals surface area contributed by atoms with E-state index >= 15 is 0 Å². The van der Waals surface area contributed by atoms with Crippen LogP contribution in [-0.2, 0) is 11.3 Å². The van der Waals surface area contributed by atoms with Crippen molar-refractivity contribution in [3.05, 3.63) is 71.1 Å². The van der Waals surface area contributed by atoms with Crippen LogP contribution in [0.3, 0.4) is 0 Å². The molecule has 0 spiro atoms. The second-order valence-corrected chi connectivity index (χ2v) is 6.64. The van der Waals surface area contributed by atoms with Gasteiger partial charge in [0.2, 0.25) is 0 Å². The number of halogens is 1. The number of rotatable bonds is 5. The molecule has 0 saturated carbocycles. The van der Waals surface area contributed by atoms with Crippen LogP contribution in [0, 0.1) is 5.92 Å². The summed E-state index contributed by atoms with van der Waals surface area (Å²) >= 11 is 6.09. The second-order valence-electron chi connectivity index (χ2n) is 6.21. The molecule has 1 N–H and O–H groups in total. The van der Waals surface area contributed by atoms with Crippen LogP contribution in [-0.4, -0.2) is 22.5 Å². The van der Waals surface area contributed by atoms with Crippen LogP contribution in [0.1, 0.15) is 23.8 Å². The number of nitrogens with one attached hydrogen (secondary N) is 1. The third-order valence-corrected chi connectivity index (χ3v) is 4.82. The van der Waals surface area contributed by atoms with Gasteiger partial charge in [0.1, 0.15) is 5.65 Å². The lowest BCUT2D eigenvalue weighted by atomic mass is 9.95. The normalized spacial score (nSPS) is 20.7. The highest BCUT2D eigenvalue weighted by molar-refractivity contribution is 6.30. The summed E-state index contributed by atoms with van der Waals surface area (Å²) in [5, 5.41) is 4.27. The Morgan fingerprint density at radius 3 is 2.96 bits per heavy atom. The van der Waals surface area contributed by atoms with E-state index in [2.05, 4.69) is 34.6 Å². The van der Waals surface area contributed by atoms with Crippen molar-refractivity contribution in [2.45, 2.75) is 19.1 Å². The highest BCUT2D eigenvalue weighted by atomic mass is 35.5. The third-order valence-electron chi connectivity index (χ3n) is 4.60. The SMILES string of the molecule is Clc1ccc2ncc(CNC[C@H]3CCO[C@@H]3c3ccccc3)n2c1. The molecule has 1 aliphatic rings. The summed E-state index contributed by atoms with van der Waals surface area (Å²) in [6, 6.07) is 14.3. The first-order valence-electron chi connectivity index (χ1n) is 8.30. The molecule has 1 aliphatic heterocycles. The first-order valence-corrected chi connectivity index (χ1v) is 8.68. The molecular weight excluding hydrogens is 322 g/mol. The largest absolute Gasteiger partial charge is 0.373 e. The smallest absolute Gasteiger partial charge is 0.137 e. The Labute approximate surface area is 146 Å². The standard InChI is InChI=1S/C19H20ClN3O/c20-16-6-7-18-22-12-17(23(18)13-16)11-21-10-15-8-9-24-19(15)14-4-2-1-3-5-14/h1-7,12-13,15,19,21H,8-11H2/t15-,19-/m1/s1. The molecule has 3 aromatic rings. The minimum Gasteiger partial charge on any atom is -0.373 e. The summed E-state index contributed by atoms with van der Waals surface area (Å²) in [6.45, 7) is 2.52. The van der Waals surface area contributed by atoms with Gasteiger partial charge in [0.05, 0.1) is 23.0 Å². The molecule has 124 valence electrons. The average molecular weight is 342 g/mol. The molecule has 0 aliphatic carbocycles. The first kappa shape index (κ1) is 15.6. The summed E-state index contributed by atoms with van der Waals surface area (Å²) < 4.78 is 7.99. The van der Waals surface area contributed by atoms with Crippen LogP contribution in [0.25, 0.3) is 5.65 Å². The van der Waals surface area contributed by atoms with E-state index in [9.17, 15) is 0 Å². The predicted octanol–water partition coefficient (Wildman–Crippen LogP) is 3.86. The number of nitrogens with zero attached hydrogens (tertiary/aromatic N) is 2. The van der Waals surface area contributed by atoms with E-state index in [1.807, 2.05) is 35.0 Å². The zero-order valence-corrected chi connectivity index (χ0v) is 14.1. The van der Waals surface area contributed by atoms with Gasteiger partial charge in [-0.15, -0.1) is 0 Å². The number of hydrogen-bond donors (Lipinski definition) is 1. The second kappa shape index (κ2) is 6.93. The quantitative estimate of drug-likeness (QED) is 0.766. The molecule has 24 heavy (non-hydrogen) atoms. The van der Waals surface area contributed by atoms with Gasteiger partial charge < -0.3 is 14.5 Å². The van der Waals surface area contributed by atoms with E-state index in [1.54, 1.807) is 0 Å². The van der Waals surface area contributed by atoms with E-state index < -0.39 is 0 Å². The van der Waals surface area contributed by atoms with Gasteiger partial charge in [0.25, 0.3) is 0 Å². The van der Waals surface area contributed by atoms with Gasteiger partial charge in [-0.05, 0) is 24.1 Å². The molecule has 4 rings (SSSR count). The topological polar surface area (TPSA) is 38.6 Å². The number of aromatic nitrogens is 2. The number of ether oxygens (including phenoxy) is 1. The summed E-state index contributed by atoms with van der Waals surface area (Å²) in [7, 11) is 0. The highest BCUT2D eigenvalue weighted by Gasteiger charge is 2.29. The Hall–Kier alpha value is -1.88. The zero-order chi connectivity index (χ0) is 16.4. The predicted molar refractivity (Wildman–Crippen MR) is 95.2 cm³/mol. The van der Waals surface area contributed by atoms with Gasteiger partial charge in [-0.1, -0.05) is 41.9 Å². The first-order chi connectivity index (χ1) is 11.8. The van der Waals surface area contributed by atoms with Crippen molar-refractivity contribution < 1.29 is 4.74 Å².